The third kappa shape index (κ3) is 2.88. The van der Waals surface area contributed by atoms with Gasteiger partial charge in [-0.15, -0.1) is 0 Å². The summed E-state index contributed by atoms with van der Waals surface area (Å²) in [6.45, 7) is 0. The third-order valence-electron chi connectivity index (χ3n) is 4.17. The maximum absolute atomic E-state index is 5.61. The molecule has 2 nitrogen and oxygen atoms in total. The van der Waals surface area contributed by atoms with Crippen LogP contribution in [0.1, 0.15) is 23.7 Å². The molecule has 0 aliphatic carbocycles. The van der Waals surface area contributed by atoms with E-state index in [0.29, 0.717) is 0 Å². The highest BCUT2D eigenvalue weighted by Gasteiger charge is 2.23. The van der Waals surface area contributed by atoms with E-state index in [4.69, 9.17) is 4.84 Å². The van der Waals surface area contributed by atoms with Crippen molar-refractivity contribution in [2.45, 2.75) is 12.5 Å². The molecule has 0 N–H and O–H groups in total. The van der Waals surface area contributed by atoms with E-state index in [9.17, 15) is 0 Å². The fraction of sp³-hybridized carbons (Fsp3) is 0.0952. The molecule has 0 aromatic heterocycles. The van der Waals surface area contributed by atoms with Crippen LogP contribution in [0.2, 0.25) is 0 Å². The minimum Gasteiger partial charge on any atom is -0.387 e. The van der Waals surface area contributed by atoms with E-state index in [1.165, 1.54) is 16.7 Å². The average Bonchev–Trinajstić information content (AvgIpc) is 3.14. The van der Waals surface area contributed by atoms with E-state index >= 15 is 0 Å². The van der Waals surface area contributed by atoms with Gasteiger partial charge in [-0.1, -0.05) is 90.1 Å². The summed E-state index contributed by atoms with van der Waals surface area (Å²) in [7, 11) is 0. The van der Waals surface area contributed by atoms with Crippen molar-refractivity contribution in [3.63, 3.8) is 0 Å². The molecule has 2 heteroatoms. The van der Waals surface area contributed by atoms with Crippen LogP contribution in [-0.2, 0) is 4.84 Å². The number of oxime groups is 1. The van der Waals surface area contributed by atoms with Gasteiger partial charge in [-0.3, -0.25) is 0 Å². The molecule has 3 aromatic rings. The fourth-order valence-electron chi connectivity index (χ4n) is 2.88. The fourth-order valence-corrected chi connectivity index (χ4v) is 2.88. The predicted molar refractivity (Wildman–Crippen MR) is 93.3 cm³/mol. The molecule has 0 spiro atoms. The first kappa shape index (κ1) is 13.8. The smallest absolute Gasteiger partial charge is 0.158 e. The van der Waals surface area contributed by atoms with Crippen LogP contribution in [0.3, 0.4) is 0 Å². The predicted octanol–water partition coefficient (Wildman–Crippen LogP) is 5.22. The van der Waals surface area contributed by atoms with Crippen LogP contribution in [0, 0.1) is 0 Å². The Hall–Kier alpha value is -2.87. The van der Waals surface area contributed by atoms with Gasteiger partial charge in [-0.25, -0.2) is 0 Å². The summed E-state index contributed by atoms with van der Waals surface area (Å²) < 4.78 is 0. The standard InChI is InChI=1S/C21H17NO/c1-3-7-16(8-4-1)17-11-13-18(14-12-17)20-15-21(23-22-20)19-9-5-2-6-10-19/h1-14,21H,15H2. The summed E-state index contributed by atoms with van der Waals surface area (Å²) in [5.41, 5.74) is 5.76. The Morgan fingerprint density at radius 1 is 0.652 bits per heavy atom. The molecule has 0 bridgehead atoms. The molecule has 1 aliphatic rings. The van der Waals surface area contributed by atoms with Gasteiger partial charge in [-0.05, 0) is 22.3 Å². The lowest BCUT2D eigenvalue weighted by Crippen LogP contribution is -2.01. The first-order valence-electron chi connectivity index (χ1n) is 7.84. The van der Waals surface area contributed by atoms with Gasteiger partial charge in [0.1, 0.15) is 0 Å². The monoisotopic (exact) mass is 299 g/mol. The number of nitrogens with zero attached hydrogens (tertiary/aromatic N) is 1. The topological polar surface area (TPSA) is 21.6 Å². The Bertz CT molecular complexity index is 807. The van der Waals surface area contributed by atoms with E-state index in [1.807, 2.05) is 24.3 Å². The molecule has 4 rings (SSSR count). The minimum atomic E-state index is 0.0278. The van der Waals surface area contributed by atoms with Gasteiger partial charge in [0.2, 0.25) is 0 Å². The van der Waals surface area contributed by atoms with Crippen LogP contribution in [0.25, 0.3) is 11.1 Å². The Morgan fingerprint density at radius 3 is 1.91 bits per heavy atom. The minimum absolute atomic E-state index is 0.0278. The number of hydrogen-bond donors (Lipinski definition) is 0. The Morgan fingerprint density at radius 2 is 1.22 bits per heavy atom. The molecule has 112 valence electrons. The van der Waals surface area contributed by atoms with E-state index in [0.717, 1.165) is 17.7 Å². The molecule has 23 heavy (non-hydrogen) atoms. The molecule has 0 fully saturated rings. The zero-order chi connectivity index (χ0) is 15.5. The van der Waals surface area contributed by atoms with Gasteiger partial charge in [0.05, 0.1) is 5.71 Å². The Kier molecular flexibility index (Phi) is 3.65. The van der Waals surface area contributed by atoms with E-state index in [1.54, 1.807) is 0 Å². The lowest BCUT2D eigenvalue weighted by molar-refractivity contribution is 0.0857. The second-order valence-corrected chi connectivity index (χ2v) is 5.69. The molecule has 1 aliphatic heterocycles. The summed E-state index contributed by atoms with van der Waals surface area (Å²) in [6.07, 6.45) is 0.842. The molecule has 1 unspecified atom stereocenters. The molecular formula is C21H17NO. The van der Waals surface area contributed by atoms with Crippen LogP contribution in [0.4, 0.5) is 0 Å². The lowest BCUT2D eigenvalue weighted by Gasteiger charge is -2.07. The maximum Gasteiger partial charge on any atom is 0.158 e. The zero-order valence-electron chi connectivity index (χ0n) is 12.7. The SMILES string of the molecule is c1ccc(-c2ccc(C3=NOC(c4ccccc4)C3)cc2)cc1. The lowest BCUT2D eigenvalue weighted by atomic mass is 9.98. The Balaban J connectivity index is 1.51. The number of benzene rings is 3. The van der Waals surface area contributed by atoms with Gasteiger partial charge in [0.15, 0.2) is 6.10 Å². The molecule has 1 heterocycles. The highest BCUT2D eigenvalue weighted by Crippen LogP contribution is 2.30. The molecule has 0 radical (unpaired) electrons. The summed E-state index contributed by atoms with van der Waals surface area (Å²) in [5.74, 6) is 0. The van der Waals surface area contributed by atoms with Crippen LogP contribution in [0.15, 0.2) is 90.1 Å². The number of hydrogen-bond acceptors (Lipinski definition) is 2. The normalized spacial score (nSPS) is 16.7. The van der Waals surface area contributed by atoms with Crippen LogP contribution < -0.4 is 0 Å². The first-order chi connectivity index (χ1) is 11.4. The Labute approximate surface area is 136 Å². The van der Waals surface area contributed by atoms with Crippen molar-refractivity contribution in [2.75, 3.05) is 0 Å². The molecule has 1 atom stereocenters. The van der Waals surface area contributed by atoms with Gasteiger partial charge < -0.3 is 4.84 Å². The van der Waals surface area contributed by atoms with Gasteiger partial charge >= 0.3 is 0 Å². The van der Waals surface area contributed by atoms with Crippen molar-refractivity contribution in [1.82, 2.24) is 0 Å². The maximum atomic E-state index is 5.61. The van der Waals surface area contributed by atoms with Crippen LogP contribution in [-0.4, -0.2) is 5.71 Å². The third-order valence-corrected chi connectivity index (χ3v) is 4.17. The number of rotatable bonds is 3. The van der Waals surface area contributed by atoms with E-state index in [-0.39, 0.29) is 6.10 Å². The summed E-state index contributed by atoms with van der Waals surface area (Å²) >= 11 is 0. The summed E-state index contributed by atoms with van der Waals surface area (Å²) in [4.78, 5) is 5.61. The molecule has 0 saturated heterocycles. The second-order valence-electron chi connectivity index (χ2n) is 5.69. The van der Waals surface area contributed by atoms with Gasteiger partial charge in [0.25, 0.3) is 0 Å². The van der Waals surface area contributed by atoms with Crippen molar-refractivity contribution in [3.05, 3.63) is 96.1 Å². The van der Waals surface area contributed by atoms with Gasteiger partial charge in [0, 0.05) is 6.42 Å². The summed E-state index contributed by atoms with van der Waals surface area (Å²) in [6, 6.07) is 29.2. The molecule has 0 saturated carbocycles. The largest absolute Gasteiger partial charge is 0.387 e. The molecule has 0 amide bonds. The van der Waals surface area contributed by atoms with E-state index in [2.05, 4.69) is 65.8 Å². The van der Waals surface area contributed by atoms with E-state index < -0.39 is 0 Å². The molecule has 3 aromatic carbocycles. The van der Waals surface area contributed by atoms with Crippen molar-refractivity contribution in [1.29, 1.82) is 0 Å². The van der Waals surface area contributed by atoms with Crippen molar-refractivity contribution in [2.24, 2.45) is 5.16 Å². The van der Waals surface area contributed by atoms with Crippen molar-refractivity contribution < 1.29 is 4.84 Å². The quantitative estimate of drug-likeness (QED) is 0.650. The van der Waals surface area contributed by atoms with Gasteiger partial charge in [-0.2, -0.15) is 0 Å². The van der Waals surface area contributed by atoms with Crippen LogP contribution >= 0.6 is 0 Å². The second kappa shape index (κ2) is 6.09. The van der Waals surface area contributed by atoms with Crippen LogP contribution in [0.5, 0.6) is 0 Å². The summed E-state index contributed by atoms with van der Waals surface area (Å²) in [5, 5.41) is 4.28. The highest BCUT2D eigenvalue weighted by atomic mass is 16.6. The average molecular weight is 299 g/mol. The first-order valence-corrected chi connectivity index (χ1v) is 7.84. The highest BCUT2D eigenvalue weighted by molar-refractivity contribution is 6.01. The zero-order valence-corrected chi connectivity index (χ0v) is 12.7. The molecular weight excluding hydrogens is 282 g/mol. The van der Waals surface area contributed by atoms with Crippen molar-refractivity contribution >= 4 is 5.71 Å². The van der Waals surface area contributed by atoms with Crippen molar-refractivity contribution in [3.8, 4) is 11.1 Å².